The van der Waals surface area contributed by atoms with E-state index in [0.29, 0.717) is 25.4 Å². The molecule has 28 heavy (non-hydrogen) atoms. The number of ether oxygens (including phenoxy) is 6. The van der Waals surface area contributed by atoms with Crippen molar-refractivity contribution in [2.24, 2.45) is 0 Å². The van der Waals surface area contributed by atoms with Gasteiger partial charge in [-0.1, -0.05) is 13.8 Å². The molecule has 0 spiro atoms. The van der Waals surface area contributed by atoms with Gasteiger partial charge in [0.1, 0.15) is 24.4 Å². The molecule has 0 saturated carbocycles. The molecule has 166 valence electrons. The Balaban J connectivity index is 0.000000521. The first-order valence-corrected chi connectivity index (χ1v) is 9.07. The zero-order chi connectivity index (χ0) is 21.7. The number of methoxy groups -OCH3 is 4. The fourth-order valence-corrected chi connectivity index (χ4v) is 2.74. The number of rotatable bonds is 11. The van der Waals surface area contributed by atoms with E-state index >= 15 is 0 Å². The van der Waals surface area contributed by atoms with Crippen LogP contribution in [0.25, 0.3) is 0 Å². The van der Waals surface area contributed by atoms with Crippen LogP contribution in [0.1, 0.15) is 26.7 Å². The average molecular weight is 410 g/mol. The molecular formula is C18H34O10. The third kappa shape index (κ3) is 7.80. The van der Waals surface area contributed by atoms with Crippen molar-refractivity contribution < 1.29 is 48.2 Å². The Morgan fingerprint density at radius 3 is 1.96 bits per heavy atom. The lowest BCUT2D eigenvalue weighted by molar-refractivity contribution is -0.293. The van der Waals surface area contributed by atoms with Crippen LogP contribution in [0.4, 0.5) is 0 Å². The molecule has 1 aliphatic rings. The minimum Gasteiger partial charge on any atom is -0.387 e. The lowest BCUT2D eigenvalue weighted by Crippen LogP contribution is -2.58. The number of aliphatic hydroxyl groups is 2. The summed E-state index contributed by atoms with van der Waals surface area (Å²) >= 11 is 0. The summed E-state index contributed by atoms with van der Waals surface area (Å²) in [6, 6.07) is 0. The summed E-state index contributed by atoms with van der Waals surface area (Å²) in [5.74, 6) is 0. The number of aldehydes is 2. The Morgan fingerprint density at radius 1 is 0.964 bits per heavy atom. The molecule has 1 aliphatic heterocycles. The second kappa shape index (κ2) is 14.9. The molecule has 10 nitrogen and oxygen atoms in total. The van der Waals surface area contributed by atoms with Crippen molar-refractivity contribution in [2.45, 2.75) is 75.9 Å². The average Bonchev–Trinajstić information content (AvgIpc) is 2.73. The van der Waals surface area contributed by atoms with Crippen LogP contribution in [0, 0.1) is 0 Å². The largest absolute Gasteiger partial charge is 0.387 e. The highest BCUT2D eigenvalue weighted by molar-refractivity contribution is 5.57. The van der Waals surface area contributed by atoms with Crippen LogP contribution in [-0.4, -0.2) is 100 Å². The molecule has 1 saturated heterocycles. The molecule has 8 atom stereocenters. The van der Waals surface area contributed by atoms with Crippen molar-refractivity contribution in [2.75, 3.05) is 28.4 Å². The first-order valence-electron chi connectivity index (χ1n) is 9.07. The molecule has 1 fully saturated rings. The van der Waals surface area contributed by atoms with Crippen molar-refractivity contribution in [1.82, 2.24) is 0 Å². The van der Waals surface area contributed by atoms with Crippen LogP contribution in [0.15, 0.2) is 0 Å². The summed E-state index contributed by atoms with van der Waals surface area (Å²) in [7, 11) is 5.68. The molecule has 0 amide bonds. The maximum Gasteiger partial charge on any atom is 0.214 e. The topological polar surface area (TPSA) is 130 Å². The van der Waals surface area contributed by atoms with Gasteiger partial charge in [-0.05, 0) is 12.8 Å². The van der Waals surface area contributed by atoms with E-state index in [2.05, 4.69) is 0 Å². The number of hydrogen-bond acceptors (Lipinski definition) is 10. The van der Waals surface area contributed by atoms with Crippen molar-refractivity contribution in [3.05, 3.63) is 0 Å². The van der Waals surface area contributed by atoms with E-state index in [1.165, 1.54) is 28.4 Å². The van der Waals surface area contributed by atoms with E-state index in [4.69, 9.17) is 28.4 Å². The van der Waals surface area contributed by atoms with Gasteiger partial charge in [-0.25, -0.2) is 0 Å². The van der Waals surface area contributed by atoms with E-state index < -0.39 is 43.1 Å². The first kappa shape index (κ1) is 27.0. The Morgan fingerprint density at radius 2 is 1.61 bits per heavy atom. The third-order valence-corrected chi connectivity index (χ3v) is 4.37. The van der Waals surface area contributed by atoms with Gasteiger partial charge in [0.2, 0.25) is 6.29 Å². The molecular weight excluding hydrogens is 376 g/mol. The lowest BCUT2D eigenvalue weighted by Gasteiger charge is -2.41. The summed E-state index contributed by atoms with van der Waals surface area (Å²) in [6.45, 7) is 3.76. The third-order valence-electron chi connectivity index (χ3n) is 4.37. The van der Waals surface area contributed by atoms with Gasteiger partial charge in [-0.3, -0.25) is 4.79 Å². The predicted molar refractivity (Wildman–Crippen MR) is 97.7 cm³/mol. The van der Waals surface area contributed by atoms with E-state index in [-0.39, 0.29) is 6.10 Å². The zero-order valence-corrected chi connectivity index (χ0v) is 17.3. The van der Waals surface area contributed by atoms with E-state index in [1.54, 1.807) is 0 Å². The fraction of sp³-hybridized carbons (Fsp3) is 0.889. The van der Waals surface area contributed by atoms with Crippen molar-refractivity contribution in [3.8, 4) is 0 Å². The summed E-state index contributed by atoms with van der Waals surface area (Å²) in [6.07, 6.45) is -3.20. The van der Waals surface area contributed by atoms with Crippen LogP contribution in [-0.2, 0) is 38.0 Å². The normalized spacial score (nSPS) is 30.5. The molecule has 1 heterocycles. The molecule has 0 bridgehead atoms. The van der Waals surface area contributed by atoms with Crippen LogP contribution in [0.5, 0.6) is 0 Å². The highest BCUT2D eigenvalue weighted by atomic mass is 16.7. The van der Waals surface area contributed by atoms with Gasteiger partial charge in [-0.2, -0.15) is 0 Å². The quantitative estimate of drug-likeness (QED) is 0.345. The van der Waals surface area contributed by atoms with E-state index in [0.717, 1.165) is 0 Å². The molecule has 0 aliphatic carbocycles. The predicted octanol–water partition coefficient (Wildman–Crippen LogP) is -0.329. The number of aliphatic hydroxyl groups excluding tert-OH is 2. The maximum absolute atomic E-state index is 10.6. The molecule has 0 aromatic rings. The molecule has 0 radical (unpaired) electrons. The van der Waals surface area contributed by atoms with Crippen LogP contribution < -0.4 is 0 Å². The molecule has 0 aromatic carbocycles. The van der Waals surface area contributed by atoms with E-state index in [9.17, 15) is 19.8 Å². The number of carbonyl (C=O) groups excluding carboxylic acids is 2. The minimum atomic E-state index is -1.06. The van der Waals surface area contributed by atoms with Gasteiger partial charge in [0, 0.05) is 28.4 Å². The van der Waals surface area contributed by atoms with Crippen molar-refractivity contribution in [1.29, 1.82) is 0 Å². The van der Waals surface area contributed by atoms with Crippen molar-refractivity contribution in [3.63, 3.8) is 0 Å². The summed E-state index contributed by atoms with van der Waals surface area (Å²) < 4.78 is 30.2. The Hall–Kier alpha value is -0.980. The van der Waals surface area contributed by atoms with Gasteiger partial charge in [0.15, 0.2) is 18.9 Å². The second-order valence-electron chi connectivity index (χ2n) is 6.03. The van der Waals surface area contributed by atoms with Crippen LogP contribution >= 0.6 is 0 Å². The van der Waals surface area contributed by atoms with Crippen LogP contribution in [0.3, 0.4) is 0 Å². The van der Waals surface area contributed by atoms with Gasteiger partial charge in [-0.15, -0.1) is 0 Å². The molecule has 10 heteroatoms. The lowest BCUT2D eigenvalue weighted by atomic mass is 9.97. The van der Waals surface area contributed by atoms with Gasteiger partial charge >= 0.3 is 0 Å². The van der Waals surface area contributed by atoms with Gasteiger partial charge < -0.3 is 43.4 Å². The molecule has 0 aromatic heterocycles. The standard InChI is InChI=1S/C9H18O5.C9H16O5/c1-4-5-8(12-2)6(10)7(11)9(13-3)14-5;1-4-7(8(5-10)12-2)14-9(6-11)13-3/h5-11H,4H2,1-3H3;5-9H,4H2,1-3H3/t5?,6?,7-,8+,9-;7?,8-,9-/m00/s1. The smallest absolute Gasteiger partial charge is 0.214 e. The van der Waals surface area contributed by atoms with E-state index in [1.807, 2.05) is 13.8 Å². The maximum atomic E-state index is 10.6. The van der Waals surface area contributed by atoms with Crippen molar-refractivity contribution >= 4 is 12.6 Å². The first-order chi connectivity index (χ1) is 13.4. The Bertz CT molecular complexity index is 419. The highest BCUT2D eigenvalue weighted by Crippen LogP contribution is 2.25. The molecule has 2 N–H and O–H groups in total. The Kier molecular flexibility index (Phi) is 14.4. The zero-order valence-electron chi connectivity index (χ0n) is 17.3. The number of carbonyl (C=O) groups is 2. The summed E-state index contributed by atoms with van der Waals surface area (Å²) in [4.78, 5) is 21.0. The summed E-state index contributed by atoms with van der Waals surface area (Å²) in [5.41, 5.74) is 0. The molecule has 1 rings (SSSR count). The monoisotopic (exact) mass is 410 g/mol. The van der Waals surface area contributed by atoms with Gasteiger partial charge in [0.25, 0.3) is 0 Å². The fourth-order valence-electron chi connectivity index (χ4n) is 2.74. The van der Waals surface area contributed by atoms with Crippen LogP contribution in [0.2, 0.25) is 0 Å². The highest BCUT2D eigenvalue weighted by Gasteiger charge is 2.44. The molecule has 3 unspecified atom stereocenters. The summed E-state index contributed by atoms with van der Waals surface area (Å²) in [5, 5.41) is 19.3. The van der Waals surface area contributed by atoms with Gasteiger partial charge in [0.05, 0.1) is 12.2 Å². The second-order valence-corrected chi connectivity index (χ2v) is 6.03. The Labute approximate surface area is 166 Å². The minimum absolute atomic E-state index is 0.247. The SMILES string of the molecule is CCC(O[C@@H](C=O)OC)[C@H](C=O)OC.CCC1O[C@H](OC)[C@@H](O)C(O)[C@@H]1OC. The number of hydrogen-bond donors (Lipinski definition) is 2.